The number of morpholine rings is 1. The minimum Gasteiger partial charge on any atom is -0.374 e. The molecule has 2 rings (SSSR count). The van der Waals surface area contributed by atoms with Crippen molar-refractivity contribution in [3.8, 4) is 0 Å². The molecule has 1 atom stereocenters. The molecule has 18 heavy (non-hydrogen) atoms. The molecule has 0 spiro atoms. The lowest BCUT2D eigenvalue weighted by molar-refractivity contribution is -0.0182. The first-order valence-electron chi connectivity index (χ1n) is 6.94. The number of ether oxygens (including phenoxy) is 1. The van der Waals surface area contributed by atoms with Crippen LogP contribution in [0.25, 0.3) is 0 Å². The molecule has 0 aromatic carbocycles. The Labute approximate surface area is 110 Å². The van der Waals surface area contributed by atoms with Crippen LogP contribution in [0, 0.1) is 0 Å². The number of aryl methyl sites for hydroxylation is 1. The second kappa shape index (κ2) is 6.92. The highest BCUT2D eigenvalue weighted by Crippen LogP contribution is 2.05. The lowest BCUT2D eigenvalue weighted by Crippen LogP contribution is -2.44. The summed E-state index contributed by atoms with van der Waals surface area (Å²) in [4.78, 5) is 2.33. The maximum Gasteiger partial charge on any atom is 0.0826 e. The first-order chi connectivity index (χ1) is 8.79. The normalized spacial score (nSPS) is 21.3. The lowest BCUT2D eigenvalue weighted by atomic mass is 10.3. The lowest BCUT2D eigenvalue weighted by Gasteiger charge is -2.30. The van der Waals surface area contributed by atoms with Crippen LogP contribution < -0.4 is 5.32 Å². The van der Waals surface area contributed by atoms with Crippen molar-refractivity contribution in [2.24, 2.45) is 0 Å². The van der Waals surface area contributed by atoms with Crippen LogP contribution in [-0.2, 0) is 17.8 Å². The predicted molar refractivity (Wildman–Crippen MR) is 73.7 cm³/mol. The SMILES string of the molecule is CCCn1cccc1CNCC1CN(C)CCO1. The van der Waals surface area contributed by atoms with E-state index < -0.39 is 0 Å². The van der Waals surface area contributed by atoms with Gasteiger partial charge < -0.3 is 19.5 Å². The number of aromatic nitrogens is 1. The van der Waals surface area contributed by atoms with Gasteiger partial charge in [0.25, 0.3) is 0 Å². The smallest absolute Gasteiger partial charge is 0.0826 e. The van der Waals surface area contributed by atoms with Crippen molar-refractivity contribution in [1.82, 2.24) is 14.8 Å². The van der Waals surface area contributed by atoms with E-state index in [0.717, 1.165) is 39.3 Å². The molecular formula is C14H25N3O. The Hall–Kier alpha value is -0.840. The van der Waals surface area contributed by atoms with Gasteiger partial charge in [-0.3, -0.25) is 0 Å². The summed E-state index contributed by atoms with van der Waals surface area (Å²) in [6.07, 6.45) is 3.67. The zero-order valence-electron chi connectivity index (χ0n) is 11.6. The fourth-order valence-electron chi connectivity index (χ4n) is 2.42. The highest BCUT2D eigenvalue weighted by Gasteiger charge is 2.16. The van der Waals surface area contributed by atoms with Crippen molar-refractivity contribution in [2.75, 3.05) is 33.3 Å². The topological polar surface area (TPSA) is 29.4 Å². The van der Waals surface area contributed by atoms with E-state index in [4.69, 9.17) is 4.74 Å². The molecule has 1 fully saturated rings. The predicted octanol–water partition coefficient (Wildman–Crippen LogP) is 1.32. The van der Waals surface area contributed by atoms with Crippen molar-refractivity contribution in [3.63, 3.8) is 0 Å². The summed E-state index contributed by atoms with van der Waals surface area (Å²) in [5.41, 5.74) is 1.36. The second-order valence-electron chi connectivity index (χ2n) is 5.08. The summed E-state index contributed by atoms with van der Waals surface area (Å²) in [6, 6.07) is 4.31. The van der Waals surface area contributed by atoms with Crippen molar-refractivity contribution in [3.05, 3.63) is 24.0 Å². The molecule has 1 aliphatic heterocycles. The summed E-state index contributed by atoms with van der Waals surface area (Å²) in [6.45, 7) is 8.11. The molecular weight excluding hydrogens is 226 g/mol. The van der Waals surface area contributed by atoms with Crippen LogP contribution in [0.15, 0.2) is 18.3 Å². The van der Waals surface area contributed by atoms with Gasteiger partial charge in [0.2, 0.25) is 0 Å². The quantitative estimate of drug-likeness (QED) is 0.827. The molecule has 1 aromatic heterocycles. The third-order valence-corrected chi connectivity index (χ3v) is 3.41. The van der Waals surface area contributed by atoms with Crippen LogP contribution in [0.5, 0.6) is 0 Å². The Kier molecular flexibility index (Phi) is 5.23. The Morgan fingerprint density at radius 3 is 3.17 bits per heavy atom. The van der Waals surface area contributed by atoms with E-state index in [2.05, 4.69) is 47.1 Å². The average molecular weight is 251 g/mol. The van der Waals surface area contributed by atoms with Gasteiger partial charge in [-0.1, -0.05) is 6.92 Å². The first kappa shape index (κ1) is 13.6. The van der Waals surface area contributed by atoms with Crippen LogP contribution in [0.4, 0.5) is 0 Å². The van der Waals surface area contributed by atoms with Gasteiger partial charge in [-0.25, -0.2) is 0 Å². The van der Waals surface area contributed by atoms with E-state index in [1.807, 2.05) is 0 Å². The molecule has 1 aromatic rings. The molecule has 4 nitrogen and oxygen atoms in total. The molecule has 1 N–H and O–H groups in total. The highest BCUT2D eigenvalue weighted by molar-refractivity contribution is 5.06. The molecule has 2 heterocycles. The van der Waals surface area contributed by atoms with Crippen LogP contribution in [0.3, 0.4) is 0 Å². The summed E-state index contributed by atoms with van der Waals surface area (Å²) in [5, 5.41) is 3.50. The molecule has 0 amide bonds. The third kappa shape index (κ3) is 3.83. The number of nitrogens with one attached hydrogen (secondary N) is 1. The van der Waals surface area contributed by atoms with E-state index in [1.54, 1.807) is 0 Å². The standard InChI is InChI=1S/C14H25N3O/c1-3-6-17-7-4-5-13(17)10-15-11-14-12-16(2)8-9-18-14/h4-5,7,14-15H,3,6,8-12H2,1-2H3. The summed E-state index contributed by atoms with van der Waals surface area (Å²) >= 11 is 0. The van der Waals surface area contributed by atoms with Gasteiger partial charge in [-0.2, -0.15) is 0 Å². The molecule has 1 aliphatic rings. The fourth-order valence-corrected chi connectivity index (χ4v) is 2.42. The van der Waals surface area contributed by atoms with Crippen molar-refractivity contribution in [2.45, 2.75) is 32.5 Å². The summed E-state index contributed by atoms with van der Waals surface area (Å²) < 4.78 is 8.05. The van der Waals surface area contributed by atoms with E-state index in [-0.39, 0.29) is 0 Å². The number of hydrogen-bond donors (Lipinski definition) is 1. The summed E-state index contributed by atoms with van der Waals surface area (Å²) in [5.74, 6) is 0. The van der Waals surface area contributed by atoms with E-state index in [9.17, 15) is 0 Å². The monoisotopic (exact) mass is 251 g/mol. The molecule has 1 unspecified atom stereocenters. The fraction of sp³-hybridized carbons (Fsp3) is 0.714. The van der Waals surface area contributed by atoms with Crippen molar-refractivity contribution >= 4 is 0 Å². The van der Waals surface area contributed by atoms with E-state index >= 15 is 0 Å². The third-order valence-electron chi connectivity index (χ3n) is 3.41. The average Bonchev–Trinajstić information content (AvgIpc) is 2.78. The van der Waals surface area contributed by atoms with E-state index in [0.29, 0.717) is 6.10 Å². The first-order valence-corrected chi connectivity index (χ1v) is 6.94. The van der Waals surface area contributed by atoms with Gasteiger partial charge in [-0.15, -0.1) is 0 Å². The largest absolute Gasteiger partial charge is 0.374 e. The minimum absolute atomic E-state index is 0.332. The van der Waals surface area contributed by atoms with Gasteiger partial charge in [0.1, 0.15) is 0 Å². The molecule has 102 valence electrons. The van der Waals surface area contributed by atoms with Gasteiger partial charge in [0, 0.05) is 44.6 Å². The Balaban J connectivity index is 1.72. The Morgan fingerprint density at radius 2 is 2.39 bits per heavy atom. The second-order valence-corrected chi connectivity index (χ2v) is 5.08. The van der Waals surface area contributed by atoms with E-state index in [1.165, 1.54) is 12.1 Å². The molecule has 0 bridgehead atoms. The zero-order chi connectivity index (χ0) is 12.8. The van der Waals surface area contributed by atoms with Crippen molar-refractivity contribution in [1.29, 1.82) is 0 Å². The maximum absolute atomic E-state index is 5.73. The van der Waals surface area contributed by atoms with Crippen LogP contribution >= 0.6 is 0 Å². The van der Waals surface area contributed by atoms with Gasteiger partial charge in [-0.05, 0) is 25.6 Å². The van der Waals surface area contributed by atoms with Gasteiger partial charge in [0.15, 0.2) is 0 Å². The van der Waals surface area contributed by atoms with Gasteiger partial charge >= 0.3 is 0 Å². The van der Waals surface area contributed by atoms with Gasteiger partial charge in [0.05, 0.1) is 12.7 Å². The number of hydrogen-bond acceptors (Lipinski definition) is 3. The van der Waals surface area contributed by atoms with Crippen LogP contribution in [-0.4, -0.2) is 48.9 Å². The maximum atomic E-state index is 5.73. The molecule has 1 saturated heterocycles. The Bertz CT molecular complexity index is 351. The van der Waals surface area contributed by atoms with Crippen molar-refractivity contribution < 1.29 is 4.74 Å². The summed E-state index contributed by atoms with van der Waals surface area (Å²) in [7, 11) is 2.15. The molecule has 0 saturated carbocycles. The molecule has 0 radical (unpaired) electrons. The number of rotatable bonds is 6. The number of likely N-dealkylation sites (N-methyl/N-ethyl adjacent to an activating group) is 1. The number of nitrogens with zero attached hydrogens (tertiary/aromatic N) is 2. The highest BCUT2D eigenvalue weighted by atomic mass is 16.5. The minimum atomic E-state index is 0.332. The van der Waals surface area contributed by atoms with Crippen LogP contribution in [0.2, 0.25) is 0 Å². The van der Waals surface area contributed by atoms with Crippen LogP contribution in [0.1, 0.15) is 19.0 Å². The molecule has 0 aliphatic carbocycles. The Morgan fingerprint density at radius 1 is 1.50 bits per heavy atom. The zero-order valence-corrected chi connectivity index (χ0v) is 11.6. The molecule has 4 heteroatoms.